The molecule has 24 heavy (non-hydrogen) atoms. The summed E-state index contributed by atoms with van der Waals surface area (Å²) >= 11 is 0. The Morgan fingerprint density at radius 3 is 2.71 bits per heavy atom. The van der Waals surface area contributed by atoms with Crippen LogP contribution in [0, 0.1) is 0 Å². The van der Waals surface area contributed by atoms with E-state index >= 15 is 0 Å². The predicted octanol–water partition coefficient (Wildman–Crippen LogP) is 2.01. The third-order valence-corrected chi connectivity index (χ3v) is 3.89. The van der Waals surface area contributed by atoms with Gasteiger partial charge in [-0.1, -0.05) is 6.07 Å². The van der Waals surface area contributed by atoms with Crippen molar-refractivity contribution in [2.75, 3.05) is 26.7 Å². The van der Waals surface area contributed by atoms with Gasteiger partial charge >= 0.3 is 12.6 Å². The molecule has 0 radical (unpaired) electrons. The van der Waals surface area contributed by atoms with Gasteiger partial charge in [0.15, 0.2) is 11.5 Å². The normalized spacial score (nSPS) is 15.5. The maximum absolute atomic E-state index is 12.3. The number of nitrogens with zero attached hydrogens (tertiary/aromatic N) is 1. The number of likely N-dealkylation sites (tertiary alicyclic amines) is 1. The molecule has 2 amide bonds. The van der Waals surface area contributed by atoms with Crippen LogP contribution in [-0.4, -0.2) is 55.5 Å². The summed E-state index contributed by atoms with van der Waals surface area (Å²) in [5.41, 5.74) is 0.836. The summed E-state index contributed by atoms with van der Waals surface area (Å²) < 4.78 is 34.0. The van der Waals surface area contributed by atoms with Gasteiger partial charge < -0.3 is 24.8 Å². The Hall–Kier alpha value is -2.09. The van der Waals surface area contributed by atoms with Gasteiger partial charge in [0.1, 0.15) is 0 Å². The molecule has 0 spiro atoms. The highest BCUT2D eigenvalue weighted by atomic mass is 19.3. The number of methoxy groups -OCH3 is 1. The minimum absolute atomic E-state index is 0.0211. The fourth-order valence-electron chi connectivity index (χ4n) is 2.56. The maximum Gasteiger partial charge on any atom is 0.387 e. The van der Waals surface area contributed by atoms with E-state index in [9.17, 15) is 18.7 Å². The van der Waals surface area contributed by atoms with Crippen molar-refractivity contribution in [2.45, 2.75) is 32.0 Å². The standard InChI is InChI=1S/C16H22F2N2O4/c1-23-14-10-11(2-3-13(14)24-15(17)18)4-7-19-16(22)20-8-5-12(21)6-9-20/h2-3,10,12,15,21H,4-9H2,1H3,(H,19,22). The second kappa shape index (κ2) is 8.68. The summed E-state index contributed by atoms with van der Waals surface area (Å²) in [7, 11) is 1.38. The molecule has 1 aliphatic rings. The zero-order valence-electron chi connectivity index (χ0n) is 13.5. The van der Waals surface area contributed by atoms with Crippen LogP contribution in [0.5, 0.6) is 11.5 Å². The van der Waals surface area contributed by atoms with Crippen LogP contribution in [0.25, 0.3) is 0 Å². The summed E-state index contributed by atoms with van der Waals surface area (Å²) in [6.45, 7) is -1.41. The van der Waals surface area contributed by atoms with E-state index in [4.69, 9.17) is 4.74 Å². The van der Waals surface area contributed by atoms with E-state index in [0.29, 0.717) is 38.9 Å². The number of rotatable bonds is 6. The van der Waals surface area contributed by atoms with Crippen molar-refractivity contribution >= 4 is 6.03 Å². The largest absolute Gasteiger partial charge is 0.493 e. The highest BCUT2D eigenvalue weighted by Crippen LogP contribution is 2.29. The molecule has 1 heterocycles. The first-order chi connectivity index (χ1) is 11.5. The van der Waals surface area contributed by atoms with E-state index < -0.39 is 6.61 Å². The molecule has 1 aliphatic heterocycles. The summed E-state index contributed by atoms with van der Waals surface area (Å²) in [5, 5.41) is 12.2. The Bertz CT molecular complexity index is 549. The second-order valence-corrected chi connectivity index (χ2v) is 5.56. The molecule has 0 aliphatic carbocycles. The number of aliphatic hydroxyl groups excluding tert-OH is 1. The zero-order valence-corrected chi connectivity index (χ0v) is 13.5. The van der Waals surface area contributed by atoms with Gasteiger partial charge in [0.05, 0.1) is 13.2 Å². The fraction of sp³-hybridized carbons (Fsp3) is 0.562. The van der Waals surface area contributed by atoms with Crippen molar-refractivity contribution in [1.29, 1.82) is 0 Å². The van der Waals surface area contributed by atoms with Crippen LogP contribution in [-0.2, 0) is 6.42 Å². The first kappa shape index (κ1) is 18.3. The minimum atomic E-state index is -2.91. The van der Waals surface area contributed by atoms with Crippen LogP contribution in [0.15, 0.2) is 18.2 Å². The molecular formula is C16H22F2N2O4. The lowest BCUT2D eigenvalue weighted by atomic mass is 10.1. The first-order valence-corrected chi connectivity index (χ1v) is 7.82. The van der Waals surface area contributed by atoms with E-state index in [-0.39, 0.29) is 23.6 Å². The quantitative estimate of drug-likeness (QED) is 0.828. The van der Waals surface area contributed by atoms with Gasteiger partial charge in [0.25, 0.3) is 0 Å². The van der Waals surface area contributed by atoms with Crippen molar-refractivity contribution in [1.82, 2.24) is 10.2 Å². The third kappa shape index (κ3) is 5.23. The number of hydrogen-bond donors (Lipinski definition) is 2. The summed E-state index contributed by atoms with van der Waals surface area (Å²) in [6.07, 6.45) is 1.40. The Kier molecular flexibility index (Phi) is 6.60. The Morgan fingerprint density at radius 2 is 2.08 bits per heavy atom. The highest BCUT2D eigenvalue weighted by molar-refractivity contribution is 5.74. The van der Waals surface area contributed by atoms with E-state index in [0.717, 1.165) is 5.56 Å². The molecule has 1 aromatic rings. The van der Waals surface area contributed by atoms with Gasteiger partial charge in [-0.05, 0) is 37.0 Å². The molecule has 0 bridgehead atoms. The number of halogens is 2. The Balaban J connectivity index is 1.82. The highest BCUT2D eigenvalue weighted by Gasteiger charge is 2.20. The van der Waals surface area contributed by atoms with E-state index in [1.165, 1.54) is 13.2 Å². The monoisotopic (exact) mass is 344 g/mol. The summed E-state index contributed by atoms with van der Waals surface area (Å²) in [4.78, 5) is 13.7. The number of urea groups is 1. The molecule has 2 N–H and O–H groups in total. The van der Waals surface area contributed by atoms with E-state index in [2.05, 4.69) is 10.1 Å². The summed E-state index contributed by atoms with van der Waals surface area (Å²) in [6, 6.07) is 4.53. The Morgan fingerprint density at radius 1 is 1.38 bits per heavy atom. The molecule has 8 heteroatoms. The molecule has 2 rings (SSSR count). The molecule has 0 atom stereocenters. The molecule has 0 unspecified atom stereocenters. The summed E-state index contributed by atoms with van der Waals surface area (Å²) in [5.74, 6) is 0.205. The van der Waals surface area contributed by atoms with Crippen LogP contribution in [0.2, 0.25) is 0 Å². The average Bonchev–Trinajstić information content (AvgIpc) is 2.56. The van der Waals surface area contributed by atoms with E-state index in [1.54, 1.807) is 17.0 Å². The smallest absolute Gasteiger partial charge is 0.387 e. The first-order valence-electron chi connectivity index (χ1n) is 7.82. The number of amides is 2. The van der Waals surface area contributed by atoms with Crippen LogP contribution in [0.3, 0.4) is 0 Å². The number of nitrogens with one attached hydrogen (secondary N) is 1. The van der Waals surface area contributed by atoms with Crippen molar-refractivity contribution in [2.24, 2.45) is 0 Å². The van der Waals surface area contributed by atoms with Gasteiger partial charge in [-0.3, -0.25) is 0 Å². The number of aliphatic hydroxyl groups is 1. The second-order valence-electron chi connectivity index (χ2n) is 5.56. The molecule has 0 aromatic heterocycles. The number of ether oxygens (including phenoxy) is 2. The van der Waals surface area contributed by atoms with Gasteiger partial charge in [0, 0.05) is 19.6 Å². The minimum Gasteiger partial charge on any atom is -0.493 e. The van der Waals surface area contributed by atoms with Gasteiger partial charge in [-0.2, -0.15) is 8.78 Å². The number of hydrogen-bond acceptors (Lipinski definition) is 4. The molecule has 1 saturated heterocycles. The third-order valence-electron chi connectivity index (χ3n) is 3.89. The fourth-order valence-corrected chi connectivity index (χ4v) is 2.56. The molecule has 0 saturated carbocycles. The molecule has 134 valence electrons. The maximum atomic E-state index is 12.3. The SMILES string of the molecule is COc1cc(CCNC(=O)N2CCC(O)CC2)ccc1OC(F)F. The lowest BCUT2D eigenvalue weighted by molar-refractivity contribution is -0.0512. The van der Waals surface area contributed by atoms with Gasteiger partial charge in [0.2, 0.25) is 0 Å². The van der Waals surface area contributed by atoms with Crippen LogP contribution in [0.4, 0.5) is 13.6 Å². The molecule has 6 nitrogen and oxygen atoms in total. The van der Waals surface area contributed by atoms with Crippen molar-refractivity contribution < 1.29 is 28.2 Å². The molecular weight excluding hydrogens is 322 g/mol. The van der Waals surface area contributed by atoms with Crippen molar-refractivity contribution in [3.8, 4) is 11.5 Å². The van der Waals surface area contributed by atoms with Crippen molar-refractivity contribution in [3.63, 3.8) is 0 Å². The number of carbonyl (C=O) groups excluding carboxylic acids is 1. The Labute approximate surface area is 139 Å². The molecule has 1 fully saturated rings. The number of alkyl halides is 2. The number of piperidine rings is 1. The van der Waals surface area contributed by atoms with E-state index in [1.807, 2.05) is 0 Å². The number of benzene rings is 1. The van der Waals surface area contributed by atoms with Crippen LogP contribution < -0.4 is 14.8 Å². The zero-order chi connectivity index (χ0) is 17.5. The lowest BCUT2D eigenvalue weighted by Gasteiger charge is -2.29. The van der Waals surface area contributed by atoms with Crippen LogP contribution >= 0.6 is 0 Å². The lowest BCUT2D eigenvalue weighted by Crippen LogP contribution is -2.45. The van der Waals surface area contributed by atoms with Gasteiger partial charge in [-0.15, -0.1) is 0 Å². The van der Waals surface area contributed by atoms with Crippen molar-refractivity contribution in [3.05, 3.63) is 23.8 Å². The molecule has 1 aromatic carbocycles. The van der Waals surface area contributed by atoms with Crippen LogP contribution in [0.1, 0.15) is 18.4 Å². The predicted molar refractivity (Wildman–Crippen MR) is 83.5 cm³/mol. The topological polar surface area (TPSA) is 71.0 Å². The number of carbonyl (C=O) groups is 1. The van der Waals surface area contributed by atoms with Gasteiger partial charge in [-0.25, -0.2) is 4.79 Å². The average molecular weight is 344 g/mol.